The molecule has 1 N–H and O–H groups in total. The maximum atomic E-state index is 12.7. The first-order valence-electron chi connectivity index (χ1n) is 8.15. The van der Waals surface area contributed by atoms with Crippen molar-refractivity contribution in [2.45, 2.75) is 54.3 Å². The van der Waals surface area contributed by atoms with E-state index in [9.17, 15) is 16.8 Å². The zero-order chi connectivity index (χ0) is 18.7. The summed E-state index contributed by atoms with van der Waals surface area (Å²) in [6, 6.07) is 12.0. The van der Waals surface area contributed by atoms with Gasteiger partial charge in [-0.2, -0.15) is 0 Å². The molecule has 0 spiro atoms. The zero-order valence-corrected chi connectivity index (χ0v) is 16.2. The Hall–Kier alpha value is -1.70. The van der Waals surface area contributed by atoms with E-state index in [-0.39, 0.29) is 20.7 Å². The van der Waals surface area contributed by atoms with Crippen molar-refractivity contribution in [3.8, 4) is 0 Å². The highest BCUT2D eigenvalue weighted by Crippen LogP contribution is 2.25. The molecule has 0 aliphatic carbocycles. The molecule has 2 aromatic rings. The quantitative estimate of drug-likeness (QED) is 0.798. The SMILES string of the molecule is CCC(CC)NS(=O)(=O)c1cc(S(=O)(=O)c2ccccc2)ccc1C. The first-order chi connectivity index (χ1) is 11.7. The zero-order valence-electron chi connectivity index (χ0n) is 14.6. The van der Waals surface area contributed by atoms with E-state index in [0.717, 1.165) is 0 Å². The number of sulfonamides is 1. The van der Waals surface area contributed by atoms with Gasteiger partial charge in [-0.25, -0.2) is 21.6 Å². The van der Waals surface area contributed by atoms with Gasteiger partial charge in [0, 0.05) is 6.04 Å². The van der Waals surface area contributed by atoms with E-state index in [2.05, 4.69) is 4.72 Å². The van der Waals surface area contributed by atoms with Gasteiger partial charge in [0.25, 0.3) is 0 Å². The first-order valence-corrected chi connectivity index (χ1v) is 11.1. The van der Waals surface area contributed by atoms with E-state index in [1.54, 1.807) is 25.1 Å². The molecule has 0 radical (unpaired) electrons. The van der Waals surface area contributed by atoms with Crippen LogP contribution >= 0.6 is 0 Å². The minimum Gasteiger partial charge on any atom is -0.219 e. The second-order valence-electron chi connectivity index (χ2n) is 5.88. The summed E-state index contributed by atoms with van der Waals surface area (Å²) in [7, 11) is -7.56. The highest BCUT2D eigenvalue weighted by atomic mass is 32.2. The standard InChI is InChI=1S/C18H23NO4S2/c1-4-15(5-2)19-25(22,23)18-13-17(12-11-14(18)3)24(20,21)16-9-7-6-8-10-16/h6-13,15,19H,4-5H2,1-3H3. The highest BCUT2D eigenvalue weighted by molar-refractivity contribution is 7.91. The molecular weight excluding hydrogens is 358 g/mol. The Morgan fingerprint density at radius 1 is 0.880 bits per heavy atom. The predicted octanol–water partition coefficient (Wildman–Crippen LogP) is 3.29. The summed E-state index contributed by atoms with van der Waals surface area (Å²) in [5.41, 5.74) is 0.505. The van der Waals surface area contributed by atoms with Crippen LogP contribution in [0.1, 0.15) is 32.3 Å². The van der Waals surface area contributed by atoms with Crippen LogP contribution in [0.25, 0.3) is 0 Å². The van der Waals surface area contributed by atoms with E-state index < -0.39 is 19.9 Å². The Kier molecular flexibility index (Phi) is 6.03. The van der Waals surface area contributed by atoms with Crippen LogP contribution in [0.2, 0.25) is 0 Å². The fourth-order valence-corrected chi connectivity index (χ4v) is 5.57. The van der Waals surface area contributed by atoms with Crippen molar-refractivity contribution in [2.75, 3.05) is 0 Å². The number of hydrogen-bond donors (Lipinski definition) is 1. The minimum atomic E-state index is -3.79. The Labute approximate surface area is 150 Å². The van der Waals surface area contributed by atoms with Gasteiger partial charge in [0.05, 0.1) is 14.7 Å². The van der Waals surface area contributed by atoms with E-state index in [4.69, 9.17) is 0 Å². The van der Waals surface area contributed by atoms with E-state index >= 15 is 0 Å². The van der Waals surface area contributed by atoms with Gasteiger partial charge in [-0.05, 0) is 49.6 Å². The monoisotopic (exact) mass is 381 g/mol. The maximum Gasteiger partial charge on any atom is 0.241 e. The summed E-state index contributed by atoms with van der Waals surface area (Å²) in [6.07, 6.45) is 1.33. The second kappa shape index (κ2) is 7.68. The molecule has 5 nitrogen and oxygen atoms in total. The Bertz CT molecular complexity index is 932. The Balaban J connectivity index is 2.52. The minimum absolute atomic E-state index is 0.00333. The molecule has 25 heavy (non-hydrogen) atoms. The molecule has 0 unspecified atom stereocenters. The maximum absolute atomic E-state index is 12.7. The molecule has 136 valence electrons. The highest BCUT2D eigenvalue weighted by Gasteiger charge is 2.24. The third-order valence-corrected chi connectivity index (χ3v) is 7.55. The van der Waals surface area contributed by atoms with Gasteiger partial charge in [-0.1, -0.05) is 38.1 Å². The number of nitrogens with one attached hydrogen (secondary N) is 1. The van der Waals surface area contributed by atoms with Crippen molar-refractivity contribution in [3.63, 3.8) is 0 Å². The molecule has 0 saturated carbocycles. The van der Waals surface area contributed by atoms with Crippen molar-refractivity contribution in [1.82, 2.24) is 4.72 Å². The van der Waals surface area contributed by atoms with Crippen LogP contribution in [0, 0.1) is 6.92 Å². The lowest BCUT2D eigenvalue weighted by molar-refractivity contribution is 0.529. The van der Waals surface area contributed by atoms with Crippen LogP contribution in [0.15, 0.2) is 63.2 Å². The number of benzene rings is 2. The van der Waals surface area contributed by atoms with Gasteiger partial charge >= 0.3 is 0 Å². The summed E-state index contributed by atoms with van der Waals surface area (Å²) in [5, 5.41) is 0. The number of hydrogen-bond acceptors (Lipinski definition) is 4. The number of aryl methyl sites for hydroxylation is 1. The molecule has 0 amide bonds. The van der Waals surface area contributed by atoms with Gasteiger partial charge in [0.2, 0.25) is 19.9 Å². The average Bonchev–Trinajstić information content (AvgIpc) is 2.60. The van der Waals surface area contributed by atoms with Crippen LogP contribution in [0.4, 0.5) is 0 Å². The van der Waals surface area contributed by atoms with Crippen molar-refractivity contribution in [3.05, 3.63) is 54.1 Å². The van der Waals surface area contributed by atoms with E-state index in [1.165, 1.54) is 30.3 Å². The van der Waals surface area contributed by atoms with Crippen LogP contribution in [-0.4, -0.2) is 22.9 Å². The van der Waals surface area contributed by atoms with Crippen molar-refractivity contribution in [1.29, 1.82) is 0 Å². The van der Waals surface area contributed by atoms with E-state index in [0.29, 0.717) is 18.4 Å². The Morgan fingerprint density at radius 3 is 2.04 bits per heavy atom. The molecule has 0 aliphatic rings. The van der Waals surface area contributed by atoms with E-state index in [1.807, 2.05) is 13.8 Å². The summed E-state index contributed by atoms with van der Waals surface area (Å²) in [5.74, 6) is 0. The fourth-order valence-electron chi connectivity index (χ4n) is 2.51. The molecule has 0 aliphatic heterocycles. The topological polar surface area (TPSA) is 80.3 Å². The summed E-state index contributed by atoms with van der Waals surface area (Å²) in [6.45, 7) is 5.46. The van der Waals surface area contributed by atoms with Gasteiger partial charge in [-0.15, -0.1) is 0 Å². The van der Waals surface area contributed by atoms with Gasteiger partial charge in [-0.3, -0.25) is 0 Å². The van der Waals surface area contributed by atoms with Gasteiger partial charge < -0.3 is 0 Å². The van der Waals surface area contributed by atoms with Crippen LogP contribution in [0.5, 0.6) is 0 Å². The van der Waals surface area contributed by atoms with Crippen molar-refractivity contribution in [2.24, 2.45) is 0 Å². The largest absolute Gasteiger partial charge is 0.241 e. The van der Waals surface area contributed by atoms with Crippen molar-refractivity contribution < 1.29 is 16.8 Å². The third-order valence-electron chi connectivity index (χ3n) is 4.12. The molecule has 2 aromatic carbocycles. The molecular formula is C18H23NO4S2. The van der Waals surface area contributed by atoms with Crippen LogP contribution in [0.3, 0.4) is 0 Å². The van der Waals surface area contributed by atoms with Crippen LogP contribution in [-0.2, 0) is 19.9 Å². The lowest BCUT2D eigenvalue weighted by atomic mass is 10.2. The number of rotatable bonds is 7. The fraction of sp³-hybridized carbons (Fsp3) is 0.333. The van der Waals surface area contributed by atoms with Crippen molar-refractivity contribution >= 4 is 19.9 Å². The third kappa shape index (κ3) is 4.29. The normalized spacial score (nSPS) is 12.5. The molecule has 0 saturated heterocycles. The molecule has 0 fully saturated rings. The average molecular weight is 382 g/mol. The summed E-state index contributed by atoms with van der Waals surface area (Å²) < 4.78 is 53.5. The van der Waals surface area contributed by atoms with Crippen LogP contribution < -0.4 is 4.72 Å². The lowest BCUT2D eigenvalue weighted by Crippen LogP contribution is -2.34. The predicted molar refractivity (Wildman–Crippen MR) is 97.8 cm³/mol. The molecule has 2 rings (SSSR count). The summed E-state index contributed by atoms with van der Waals surface area (Å²) >= 11 is 0. The second-order valence-corrected chi connectivity index (χ2v) is 9.51. The van der Waals surface area contributed by atoms with Gasteiger partial charge in [0.15, 0.2) is 0 Å². The summed E-state index contributed by atoms with van der Waals surface area (Å²) in [4.78, 5) is 0.0979. The molecule has 0 heterocycles. The first kappa shape index (κ1) is 19.6. The lowest BCUT2D eigenvalue weighted by Gasteiger charge is -2.17. The number of sulfone groups is 1. The Morgan fingerprint density at radius 2 is 1.48 bits per heavy atom. The molecule has 0 bridgehead atoms. The smallest absolute Gasteiger partial charge is 0.219 e. The molecule has 7 heteroatoms. The van der Waals surface area contributed by atoms with Gasteiger partial charge in [0.1, 0.15) is 0 Å². The molecule has 0 aromatic heterocycles. The molecule has 0 atom stereocenters.